The van der Waals surface area contributed by atoms with Crippen LogP contribution in [0.25, 0.3) is 0 Å². The second-order valence-corrected chi connectivity index (χ2v) is 7.03. The van der Waals surface area contributed by atoms with Crippen LogP contribution in [0, 0.1) is 5.92 Å². The Hall–Kier alpha value is 1.10. The van der Waals surface area contributed by atoms with Crippen LogP contribution in [-0.2, 0) is 11.8 Å². The van der Waals surface area contributed by atoms with E-state index >= 15 is 0 Å². The number of nitrogens with zero attached hydrogens (tertiary/aromatic N) is 1. The summed E-state index contributed by atoms with van der Waals surface area (Å²) in [5.41, 5.74) is 3.67. The fraction of sp³-hybridized carbons (Fsp3) is 0.667. The summed E-state index contributed by atoms with van der Waals surface area (Å²) in [7, 11) is 4.12. The molecule has 0 spiro atoms. The second-order valence-electron chi connectivity index (χ2n) is 7.03. The van der Waals surface area contributed by atoms with Crippen molar-refractivity contribution in [2.45, 2.75) is 50.0 Å². The van der Waals surface area contributed by atoms with Crippen LogP contribution >= 0.6 is 17.0 Å². The molecule has 4 heteroatoms. The van der Waals surface area contributed by atoms with E-state index in [2.05, 4.69) is 30.1 Å². The van der Waals surface area contributed by atoms with Gasteiger partial charge in [0, 0.05) is 11.5 Å². The molecule has 3 aliphatic rings. The molecule has 0 aromatic heterocycles. The van der Waals surface area contributed by atoms with Crippen molar-refractivity contribution in [3.8, 4) is 5.75 Å². The van der Waals surface area contributed by atoms with Crippen LogP contribution in [0.15, 0.2) is 18.2 Å². The summed E-state index contributed by atoms with van der Waals surface area (Å²) >= 11 is 0. The average Bonchev–Trinajstić information content (AvgIpc) is 2.50. The summed E-state index contributed by atoms with van der Waals surface area (Å²) in [6.07, 6.45) is 8.22. The molecule has 1 saturated heterocycles. The summed E-state index contributed by atoms with van der Waals surface area (Å²) in [5.74, 6) is 1.91. The second kappa shape index (κ2) is 7.55. The number of likely N-dealkylation sites (N-methyl/N-ethyl adjacent to an activating group) is 1. The Kier molecular flexibility index (Phi) is 6.66. The summed E-state index contributed by atoms with van der Waals surface area (Å²) in [6, 6.07) is 7.60. The zero-order chi connectivity index (χ0) is 13.7. The van der Waals surface area contributed by atoms with Gasteiger partial charge in [0.05, 0.1) is 7.11 Å². The molecule has 3 atom stereocenters. The van der Waals surface area contributed by atoms with E-state index in [0.29, 0.717) is 5.41 Å². The molecule has 0 N–H and O–H groups in total. The number of hydrogen-bond donors (Lipinski definition) is 0. The van der Waals surface area contributed by atoms with E-state index in [9.17, 15) is 0 Å². The number of piperidine rings is 1. The quantitative estimate of drug-likeness (QED) is 0.680. The third kappa shape index (κ3) is 2.91. The van der Waals surface area contributed by atoms with E-state index in [-0.39, 0.29) is 68.4 Å². The first-order valence-corrected chi connectivity index (χ1v) is 8.12. The predicted molar refractivity (Wildman–Crippen MR) is 98.8 cm³/mol. The van der Waals surface area contributed by atoms with Gasteiger partial charge in [-0.2, -0.15) is 0 Å². The van der Waals surface area contributed by atoms with Gasteiger partial charge in [-0.1, -0.05) is 18.9 Å². The molecule has 0 amide bonds. The van der Waals surface area contributed by atoms with Crippen molar-refractivity contribution < 1.29 is 4.74 Å². The number of benzene rings is 1. The van der Waals surface area contributed by atoms with Crippen molar-refractivity contribution in [3.05, 3.63) is 29.3 Å². The van der Waals surface area contributed by atoms with Gasteiger partial charge in [-0.15, -0.1) is 17.0 Å². The van der Waals surface area contributed by atoms with E-state index in [1.54, 1.807) is 18.2 Å². The van der Waals surface area contributed by atoms with Gasteiger partial charge >= 0.3 is 51.4 Å². The van der Waals surface area contributed by atoms with Gasteiger partial charge in [0.25, 0.3) is 0 Å². The van der Waals surface area contributed by atoms with E-state index in [1.807, 2.05) is 0 Å². The molecule has 1 aromatic rings. The van der Waals surface area contributed by atoms with E-state index in [4.69, 9.17) is 4.74 Å². The molecule has 0 radical (unpaired) electrons. The van der Waals surface area contributed by atoms with Crippen molar-refractivity contribution in [1.29, 1.82) is 0 Å². The topological polar surface area (TPSA) is 12.5 Å². The Balaban J connectivity index is 0.000000882. The third-order valence-corrected chi connectivity index (χ3v) is 6.32. The summed E-state index contributed by atoms with van der Waals surface area (Å²) < 4.78 is 5.51. The Bertz CT molecular complexity index is 538. The van der Waals surface area contributed by atoms with Gasteiger partial charge in [-0.05, 0) is 68.5 Å². The van der Waals surface area contributed by atoms with E-state index in [1.165, 1.54) is 45.1 Å². The molecule has 2 aliphatic carbocycles. The minimum absolute atomic E-state index is 0. The van der Waals surface area contributed by atoms with Crippen LogP contribution in [0.1, 0.15) is 43.2 Å². The van der Waals surface area contributed by atoms with Crippen LogP contribution < -0.4 is 4.74 Å². The fourth-order valence-electron chi connectivity index (χ4n) is 5.30. The summed E-state index contributed by atoms with van der Waals surface area (Å²) in [5, 5.41) is 0. The van der Waals surface area contributed by atoms with E-state index < -0.39 is 0 Å². The Morgan fingerprint density at radius 1 is 1.23 bits per heavy atom. The van der Waals surface area contributed by atoms with Gasteiger partial charge in [-0.25, -0.2) is 0 Å². The van der Waals surface area contributed by atoms with Gasteiger partial charge in [0.1, 0.15) is 5.75 Å². The summed E-state index contributed by atoms with van der Waals surface area (Å²) in [4.78, 5) is 2.63. The maximum absolute atomic E-state index is 5.51. The Morgan fingerprint density at radius 3 is 2.82 bits per heavy atom. The number of rotatable bonds is 1. The predicted octanol–water partition coefficient (Wildman–Crippen LogP) is 3.31. The molecule has 22 heavy (non-hydrogen) atoms. The molecule has 2 bridgehead atoms. The van der Waals surface area contributed by atoms with Crippen molar-refractivity contribution >= 4 is 68.4 Å². The van der Waals surface area contributed by atoms with Crippen molar-refractivity contribution in [1.82, 2.24) is 4.90 Å². The SMILES string of the molecule is Br.COc1ccc2c(c1)[C@]13CCCC[C@@H]1[C@H](C2)N(C)CC3.[KH]. The van der Waals surface area contributed by atoms with Gasteiger partial charge in [0.15, 0.2) is 0 Å². The molecule has 1 aliphatic heterocycles. The molecule has 0 unspecified atom stereocenters. The first-order chi connectivity index (χ1) is 9.74. The standard InChI is InChI=1S/C18H25NO.BrH.K.H/c1-19-10-9-18-8-4-3-5-15(18)17(19)11-13-6-7-14(20-2)12-16(13)18;;;/h6-7,12,15,17H,3-5,8-11H2,1-2H3;1H;;/t15-,17+,18+;;;/m1.../s1. The Labute approximate surface area is 187 Å². The number of fused-ring (bicyclic) bond motifs is 1. The van der Waals surface area contributed by atoms with Crippen LogP contribution in [0.4, 0.5) is 0 Å². The average molecular weight is 392 g/mol. The number of ether oxygens (including phenoxy) is 1. The van der Waals surface area contributed by atoms with Crippen LogP contribution in [0.2, 0.25) is 0 Å². The third-order valence-electron chi connectivity index (χ3n) is 6.32. The zero-order valence-electron chi connectivity index (χ0n) is 13.1. The van der Waals surface area contributed by atoms with Crippen LogP contribution in [0.3, 0.4) is 0 Å². The molecule has 118 valence electrons. The van der Waals surface area contributed by atoms with Crippen LogP contribution in [-0.4, -0.2) is 83.0 Å². The molecular formula is C18H27BrKNO. The Morgan fingerprint density at radius 2 is 2.05 bits per heavy atom. The molecule has 4 rings (SSSR count). The normalized spacial score (nSPS) is 32.8. The molecule has 2 nitrogen and oxygen atoms in total. The van der Waals surface area contributed by atoms with Crippen molar-refractivity contribution in [2.75, 3.05) is 20.7 Å². The zero-order valence-corrected chi connectivity index (χ0v) is 14.8. The van der Waals surface area contributed by atoms with E-state index in [0.717, 1.165) is 17.7 Å². The molecule has 1 heterocycles. The maximum atomic E-state index is 5.51. The monoisotopic (exact) mass is 391 g/mol. The minimum atomic E-state index is 0. The van der Waals surface area contributed by atoms with Crippen molar-refractivity contribution in [3.63, 3.8) is 0 Å². The summed E-state index contributed by atoms with van der Waals surface area (Å²) in [6.45, 7) is 1.26. The number of likely N-dealkylation sites (tertiary alicyclic amines) is 1. The van der Waals surface area contributed by atoms with Gasteiger partial charge in [-0.3, -0.25) is 0 Å². The van der Waals surface area contributed by atoms with Gasteiger partial charge < -0.3 is 9.64 Å². The van der Waals surface area contributed by atoms with Crippen molar-refractivity contribution in [2.24, 2.45) is 5.92 Å². The number of halogens is 1. The van der Waals surface area contributed by atoms with Gasteiger partial charge in [0.2, 0.25) is 0 Å². The first-order valence-electron chi connectivity index (χ1n) is 8.12. The molecule has 2 fully saturated rings. The number of hydrogen-bond acceptors (Lipinski definition) is 2. The molecular weight excluding hydrogens is 365 g/mol. The van der Waals surface area contributed by atoms with Crippen LogP contribution in [0.5, 0.6) is 5.75 Å². The fourth-order valence-corrected chi connectivity index (χ4v) is 5.30. The first kappa shape index (κ1) is 19.4. The molecule has 1 aromatic carbocycles. The molecule has 1 saturated carbocycles. The number of methoxy groups -OCH3 is 1.